The molecule has 0 bridgehead atoms. The fourth-order valence-corrected chi connectivity index (χ4v) is 6.22. The van der Waals surface area contributed by atoms with Crippen molar-refractivity contribution in [2.75, 3.05) is 7.11 Å². The fourth-order valence-electron chi connectivity index (χ4n) is 5.88. The van der Waals surface area contributed by atoms with Crippen LogP contribution in [-0.2, 0) is 16.8 Å². The number of ether oxygens (including phenoxy) is 1. The third-order valence-corrected chi connectivity index (χ3v) is 8.22. The largest absolute Gasteiger partial charge is 0.496 e. The molecule has 1 saturated heterocycles. The van der Waals surface area contributed by atoms with Crippen LogP contribution in [0.2, 0.25) is 10.0 Å². The number of nitrogens with zero attached hydrogens (tertiary/aromatic N) is 1. The number of aromatic carboxylic acids is 1. The van der Waals surface area contributed by atoms with Gasteiger partial charge in [0.05, 0.1) is 24.2 Å². The molecule has 4 atom stereocenters. The number of carbonyl (C=O) groups is 2. The highest BCUT2D eigenvalue weighted by Gasteiger charge is 2.61. The Morgan fingerprint density at radius 3 is 2.47 bits per heavy atom. The van der Waals surface area contributed by atoms with Gasteiger partial charge in [0.15, 0.2) is 0 Å². The number of hydrogen-bond acceptors (Lipinski definition) is 5. The van der Waals surface area contributed by atoms with Gasteiger partial charge in [-0.3, -0.25) is 4.79 Å². The van der Waals surface area contributed by atoms with E-state index in [4.69, 9.17) is 27.9 Å². The lowest BCUT2D eigenvalue weighted by Crippen LogP contribution is -2.45. The molecule has 0 spiro atoms. The second kappa shape index (κ2) is 12.5. The van der Waals surface area contributed by atoms with Crippen molar-refractivity contribution in [2.24, 2.45) is 5.41 Å². The van der Waals surface area contributed by atoms with Crippen LogP contribution in [0.3, 0.4) is 0 Å². The van der Waals surface area contributed by atoms with E-state index in [1.807, 2.05) is 20.8 Å². The zero-order chi connectivity index (χ0) is 31.7. The first-order chi connectivity index (χ1) is 20.2. The number of nitriles is 1. The molecule has 1 heterocycles. The molecule has 3 aromatic rings. The van der Waals surface area contributed by atoms with Crippen molar-refractivity contribution >= 4 is 35.1 Å². The second-order valence-corrected chi connectivity index (χ2v) is 12.6. The number of carboxylic acid groups (broad SMARTS) is 1. The van der Waals surface area contributed by atoms with Crippen molar-refractivity contribution in [2.45, 2.75) is 57.2 Å². The number of methoxy groups -OCH3 is 1. The molecule has 4 rings (SSSR count). The van der Waals surface area contributed by atoms with E-state index in [2.05, 4.69) is 16.7 Å². The predicted octanol–water partition coefficient (Wildman–Crippen LogP) is 6.62. The summed E-state index contributed by atoms with van der Waals surface area (Å²) in [6, 6.07) is 13.0. The van der Waals surface area contributed by atoms with E-state index in [1.165, 1.54) is 55.6 Å². The maximum Gasteiger partial charge on any atom is 0.339 e. The van der Waals surface area contributed by atoms with Gasteiger partial charge in [-0.25, -0.2) is 13.6 Å². The molecule has 1 amide bonds. The maximum atomic E-state index is 15.8. The number of halogens is 4. The lowest BCUT2D eigenvalue weighted by molar-refractivity contribution is -0.123. The van der Waals surface area contributed by atoms with Gasteiger partial charge in [-0.15, -0.1) is 0 Å². The topological polar surface area (TPSA) is 111 Å². The van der Waals surface area contributed by atoms with Crippen LogP contribution in [0.1, 0.15) is 60.2 Å². The van der Waals surface area contributed by atoms with E-state index in [0.29, 0.717) is 12.0 Å². The Bertz CT molecular complexity index is 1600. The van der Waals surface area contributed by atoms with E-state index in [0.717, 1.165) is 6.07 Å². The summed E-state index contributed by atoms with van der Waals surface area (Å²) in [6.07, 6.45) is 0.332. The third kappa shape index (κ3) is 6.32. The molecule has 226 valence electrons. The Morgan fingerprint density at radius 1 is 1.14 bits per heavy atom. The average molecular weight is 631 g/mol. The zero-order valence-electron chi connectivity index (χ0n) is 24.0. The molecule has 0 aromatic heterocycles. The van der Waals surface area contributed by atoms with Gasteiger partial charge in [-0.1, -0.05) is 68.2 Å². The molecule has 1 aliphatic rings. The smallest absolute Gasteiger partial charge is 0.339 e. The molecular weight excluding hydrogens is 599 g/mol. The monoisotopic (exact) mass is 629 g/mol. The van der Waals surface area contributed by atoms with Crippen molar-refractivity contribution in [1.82, 2.24) is 10.6 Å². The average Bonchev–Trinajstić information content (AvgIpc) is 3.25. The van der Waals surface area contributed by atoms with E-state index >= 15 is 8.78 Å². The van der Waals surface area contributed by atoms with Crippen molar-refractivity contribution in [3.8, 4) is 11.8 Å². The summed E-state index contributed by atoms with van der Waals surface area (Å²) >= 11 is 12.2. The SMILES string of the molecule is COc1cc(CNC(=O)C2NC(CC(C)(C)C)C(C#N)(c3ccc(Cl)cc3F)C2c2cccc(Cl)c2F)ccc1C(=O)O. The van der Waals surface area contributed by atoms with Gasteiger partial charge < -0.3 is 20.5 Å². The molecule has 0 saturated carbocycles. The number of benzene rings is 3. The predicted molar refractivity (Wildman–Crippen MR) is 159 cm³/mol. The molecule has 3 aromatic carbocycles. The van der Waals surface area contributed by atoms with Crippen LogP contribution in [0.25, 0.3) is 0 Å². The van der Waals surface area contributed by atoms with E-state index in [1.54, 1.807) is 0 Å². The molecule has 3 N–H and O–H groups in total. The molecule has 0 aliphatic carbocycles. The third-order valence-electron chi connectivity index (χ3n) is 7.69. The van der Waals surface area contributed by atoms with E-state index < -0.39 is 46.9 Å². The maximum absolute atomic E-state index is 15.8. The minimum Gasteiger partial charge on any atom is -0.496 e. The minimum absolute atomic E-state index is 0.0139. The normalized spacial score (nSPS) is 21.7. The highest BCUT2D eigenvalue weighted by atomic mass is 35.5. The van der Waals surface area contributed by atoms with Crippen LogP contribution in [0.4, 0.5) is 8.78 Å². The molecule has 1 aliphatic heterocycles. The Labute approximate surface area is 258 Å². The lowest BCUT2D eigenvalue weighted by atomic mass is 9.62. The summed E-state index contributed by atoms with van der Waals surface area (Å²) in [7, 11) is 1.34. The van der Waals surface area contributed by atoms with Crippen molar-refractivity contribution in [1.29, 1.82) is 5.26 Å². The standard InChI is InChI=1S/C32H31Cl2F2N3O4/c1-31(2,3)14-25-32(16-37,21-11-9-18(33)13-23(21)35)26(20-6-5-7-22(34)27(20)36)28(39-25)29(40)38-15-17-8-10-19(30(41)42)24(12-17)43-4/h5-13,25-26,28,39H,14-15H2,1-4H3,(H,38,40)(H,41,42). The summed E-state index contributed by atoms with van der Waals surface area (Å²) in [5, 5.41) is 26.3. The summed E-state index contributed by atoms with van der Waals surface area (Å²) < 4.78 is 36.7. The second-order valence-electron chi connectivity index (χ2n) is 11.7. The Hall–Kier alpha value is -3.71. The van der Waals surface area contributed by atoms with Crippen molar-refractivity contribution in [3.63, 3.8) is 0 Å². The van der Waals surface area contributed by atoms with E-state index in [9.17, 15) is 20.0 Å². The first-order valence-corrected chi connectivity index (χ1v) is 14.2. The summed E-state index contributed by atoms with van der Waals surface area (Å²) in [4.78, 5) is 25.4. The first-order valence-electron chi connectivity index (χ1n) is 13.5. The molecule has 0 radical (unpaired) electrons. The van der Waals surface area contributed by atoms with Crippen LogP contribution >= 0.6 is 23.2 Å². The van der Waals surface area contributed by atoms with Crippen molar-refractivity contribution in [3.05, 3.63) is 98.5 Å². The number of hydrogen-bond donors (Lipinski definition) is 3. The number of amides is 1. The van der Waals surface area contributed by atoms with Gasteiger partial charge in [0.1, 0.15) is 28.4 Å². The van der Waals surface area contributed by atoms with Crippen LogP contribution in [0.5, 0.6) is 5.75 Å². The van der Waals surface area contributed by atoms with Gasteiger partial charge in [0.2, 0.25) is 5.91 Å². The molecule has 11 heteroatoms. The molecule has 1 fully saturated rings. The Morgan fingerprint density at radius 2 is 1.86 bits per heavy atom. The molecule has 7 nitrogen and oxygen atoms in total. The number of rotatable bonds is 8. The Balaban J connectivity index is 1.85. The van der Waals surface area contributed by atoms with Crippen LogP contribution < -0.4 is 15.4 Å². The van der Waals surface area contributed by atoms with E-state index in [-0.39, 0.29) is 44.4 Å². The molecular formula is C32H31Cl2F2N3O4. The van der Waals surface area contributed by atoms with Gasteiger partial charge >= 0.3 is 5.97 Å². The van der Waals surface area contributed by atoms with Gasteiger partial charge in [-0.05, 0) is 53.3 Å². The fraction of sp³-hybridized carbons (Fsp3) is 0.344. The van der Waals surface area contributed by atoms with Gasteiger partial charge in [-0.2, -0.15) is 5.26 Å². The first kappa shape index (κ1) is 32.2. The lowest BCUT2D eigenvalue weighted by Gasteiger charge is -2.37. The summed E-state index contributed by atoms with van der Waals surface area (Å²) in [5.41, 5.74) is -1.66. The minimum atomic E-state index is -1.75. The number of carbonyl (C=O) groups excluding carboxylic acids is 1. The Kier molecular flexibility index (Phi) is 9.36. The number of nitrogens with one attached hydrogen (secondary N) is 2. The van der Waals surface area contributed by atoms with Crippen LogP contribution in [0.15, 0.2) is 54.6 Å². The van der Waals surface area contributed by atoms with Gasteiger partial charge in [0.25, 0.3) is 0 Å². The highest BCUT2D eigenvalue weighted by Crippen LogP contribution is 2.52. The quantitative estimate of drug-likeness (QED) is 0.258. The molecule has 4 unspecified atom stereocenters. The van der Waals surface area contributed by atoms with Crippen molar-refractivity contribution < 1.29 is 28.2 Å². The molecule has 43 heavy (non-hydrogen) atoms. The highest BCUT2D eigenvalue weighted by molar-refractivity contribution is 6.31. The van der Waals surface area contributed by atoms with Crippen LogP contribution in [-0.4, -0.2) is 36.2 Å². The summed E-state index contributed by atoms with van der Waals surface area (Å²) in [6.45, 7) is 5.82. The van der Waals surface area contributed by atoms with Gasteiger partial charge in [0, 0.05) is 29.1 Å². The summed E-state index contributed by atoms with van der Waals surface area (Å²) in [5.74, 6) is -4.40. The number of carboxylic acids is 1. The zero-order valence-corrected chi connectivity index (χ0v) is 25.5. The van der Waals surface area contributed by atoms with Crippen LogP contribution in [0, 0.1) is 28.4 Å².